The van der Waals surface area contributed by atoms with E-state index in [1.807, 2.05) is 44.2 Å². The Kier molecular flexibility index (Phi) is 7.64. The Labute approximate surface area is 132 Å². The van der Waals surface area contributed by atoms with E-state index in [-0.39, 0.29) is 29.7 Å². The Morgan fingerprint density at radius 1 is 0.909 bits per heavy atom. The molecular formula is C18H26O4. The molecule has 0 bridgehead atoms. The Bertz CT molecular complexity index is 465. The monoisotopic (exact) mass is 306 g/mol. The maximum Gasteiger partial charge on any atom is 0.308 e. The lowest BCUT2D eigenvalue weighted by atomic mass is 9.97. The van der Waals surface area contributed by atoms with Crippen molar-refractivity contribution in [1.82, 2.24) is 0 Å². The number of hydrogen-bond acceptors (Lipinski definition) is 4. The van der Waals surface area contributed by atoms with Gasteiger partial charge in [-0.1, -0.05) is 58.0 Å². The van der Waals surface area contributed by atoms with Gasteiger partial charge in [-0.25, -0.2) is 0 Å². The summed E-state index contributed by atoms with van der Waals surface area (Å²) in [5.74, 6) is -0.654. The summed E-state index contributed by atoms with van der Waals surface area (Å²) in [6.07, 6.45) is 0.633. The van der Waals surface area contributed by atoms with Gasteiger partial charge in [0.2, 0.25) is 0 Å². The molecule has 0 aliphatic rings. The fourth-order valence-corrected chi connectivity index (χ4v) is 1.89. The van der Waals surface area contributed by atoms with Gasteiger partial charge in [-0.05, 0) is 12.0 Å². The largest absolute Gasteiger partial charge is 0.465 e. The zero-order valence-corrected chi connectivity index (χ0v) is 13.9. The Morgan fingerprint density at radius 2 is 1.45 bits per heavy atom. The number of rotatable bonds is 8. The van der Waals surface area contributed by atoms with E-state index in [9.17, 15) is 9.59 Å². The number of hydrogen-bond donors (Lipinski definition) is 0. The molecule has 0 radical (unpaired) electrons. The maximum absolute atomic E-state index is 11.6. The highest BCUT2D eigenvalue weighted by molar-refractivity contribution is 5.71. The zero-order valence-electron chi connectivity index (χ0n) is 13.9. The Morgan fingerprint density at radius 3 is 2.00 bits per heavy atom. The quantitative estimate of drug-likeness (QED) is 0.689. The number of esters is 2. The molecule has 0 spiro atoms. The van der Waals surface area contributed by atoms with Gasteiger partial charge in [0.25, 0.3) is 0 Å². The van der Waals surface area contributed by atoms with Gasteiger partial charge in [0.1, 0.15) is 0 Å². The average molecular weight is 306 g/mol. The third kappa shape index (κ3) is 6.29. The highest BCUT2D eigenvalue weighted by atomic mass is 16.5. The normalized spacial score (nSPS) is 12.3. The van der Waals surface area contributed by atoms with E-state index >= 15 is 0 Å². The standard InChI is InChI=1S/C18H26O4/c1-13(2)17(19)21-11-10-16(12-22-18(20)14(3)4)15-8-6-5-7-9-15/h5-9,13-14,16H,10-12H2,1-4H3. The van der Waals surface area contributed by atoms with Crippen LogP contribution in [-0.4, -0.2) is 25.2 Å². The summed E-state index contributed by atoms with van der Waals surface area (Å²) in [5.41, 5.74) is 1.08. The van der Waals surface area contributed by atoms with Crippen molar-refractivity contribution in [1.29, 1.82) is 0 Å². The van der Waals surface area contributed by atoms with Crippen LogP contribution in [0.15, 0.2) is 30.3 Å². The van der Waals surface area contributed by atoms with Crippen molar-refractivity contribution in [3.8, 4) is 0 Å². The van der Waals surface area contributed by atoms with Crippen LogP contribution in [0, 0.1) is 11.8 Å². The van der Waals surface area contributed by atoms with Crippen molar-refractivity contribution in [2.75, 3.05) is 13.2 Å². The lowest BCUT2D eigenvalue weighted by molar-refractivity contribution is -0.150. The number of benzene rings is 1. The zero-order chi connectivity index (χ0) is 16.5. The molecule has 1 atom stereocenters. The molecule has 4 heteroatoms. The molecule has 0 saturated carbocycles. The molecule has 0 aliphatic heterocycles. The molecular weight excluding hydrogens is 280 g/mol. The first-order valence-corrected chi connectivity index (χ1v) is 7.80. The van der Waals surface area contributed by atoms with Gasteiger partial charge < -0.3 is 9.47 Å². The summed E-state index contributed by atoms with van der Waals surface area (Å²) in [6, 6.07) is 9.84. The van der Waals surface area contributed by atoms with Crippen LogP contribution in [0.4, 0.5) is 0 Å². The molecule has 1 unspecified atom stereocenters. The molecule has 0 N–H and O–H groups in total. The minimum atomic E-state index is -0.208. The van der Waals surface area contributed by atoms with E-state index < -0.39 is 0 Å². The van der Waals surface area contributed by atoms with Crippen LogP contribution in [-0.2, 0) is 19.1 Å². The number of carbonyl (C=O) groups is 2. The lowest BCUT2D eigenvalue weighted by Crippen LogP contribution is -2.19. The molecule has 22 heavy (non-hydrogen) atoms. The molecule has 0 fully saturated rings. The molecule has 0 aliphatic carbocycles. The topological polar surface area (TPSA) is 52.6 Å². The molecule has 1 aromatic rings. The van der Waals surface area contributed by atoms with Crippen LogP contribution in [0.2, 0.25) is 0 Å². The second-order valence-electron chi connectivity index (χ2n) is 6.00. The summed E-state index contributed by atoms with van der Waals surface area (Å²) in [4.78, 5) is 23.2. The molecule has 1 rings (SSSR count). The summed E-state index contributed by atoms with van der Waals surface area (Å²) >= 11 is 0. The van der Waals surface area contributed by atoms with Crippen LogP contribution in [0.5, 0.6) is 0 Å². The van der Waals surface area contributed by atoms with Gasteiger partial charge >= 0.3 is 11.9 Å². The summed E-state index contributed by atoms with van der Waals surface area (Å²) in [5, 5.41) is 0. The first kappa shape index (κ1) is 18.2. The van der Waals surface area contributed by atoms with Gasteiger partial charge in [0, 0.05) is 5.92 Å². The average Bonchev–Trinajstić information content (AvgIpc) is 2.50. The van der Waals surface area contributed by atoms with Crippen molar-refractivity contribution in [3.05, 3.63) is 35.9 Å². The molecule has 4 nitrogen and oxygen atoms in total. The van der Waals surface area contributed by atoms with Crippen LogP contribution in [0.1, 0.15) is 45.6 Å². The Balaban J connectivity index is 2.59. The van der Waals surface area contributed by atoms with Crippen LogP contribution in [0.3, 0.4) is 0 Å². The molecule has 0 aromatic heterocycles. The van der Waals surface area contributed by atoms with Gasteiger partial charge in [0.05, 0.1) is 25.0 Å². The third-order valence-corrected chi connectivity index (χ3v) is 3.35. The van der Waals surface area contributed by atoms with E-state index in [2.05, 4.69) is 0 Å². The highest BCUT2D eigenvalue weighted by Gasteiger charge is 2.17. The summed E-state index contributed by atoms with van der Waals surface area (Å²) in [6.45, 7) is 7.87. The van der Waals surface area contributed by atoms with E-state index in [0.717, 1.165) is 5.56 Å². The van der Waals surface area contributed by atoms with Gasteiger partial charge in [-0.2, -0.15) is 0 Å². The summed E-state index contributed by atoms with van der Waals surface area (Å²) < 4.78 is 10.6. The highest BCUT2D eigenvalue weighted by Crippen LogP contribution is 2.21. The predicted octanol–water partition coefficient (Wildman–Crippen LogP) is 3.56. The maximum atomic E-state index is 11.6. The smallest absolute Gasteiger partial charge is 0.308 e. The first-order chi connectivity index (χ1) is 10.4. The summed E-state index contributed by atoms with van der Waals surface area (Å²) in [7, 11) is 0. The molecule has 1 aromatic carbocycles. The minimum absolute atomic E-state index is 0.0314. The third-order valence-electron chi connectivity index (χ3n) is 3.35. The predicted molar refractivity (Wildman–Crippen MR) is 85.4 cm³/mol. The Hall–Kier alpha value is -1.84. The lowest BCUT2D eigenvalue weighted by Gasteiger charge is -2.18. The fourth-order valence-electron chi connectivity index (χ4n) is 1.89. The molecule has 0 heterocycles. The van der Waals surface area contributed by atoms with Gasteiger partial charge in [-0.3, -0.25) is 9.59 Å². The number of carbonyl (C=O) groups excluding carboxylic acids is 2. The minimum Gasteiger partial charge on any atom is -0.465 e. The second-order valence-corrected chi connectivity index (χ2v) is 6.00. The van der Waals surface area contributed by atoms with Crippen molar-refractivity contribution in [3.63, 3.8) is 0 Å². The van der Waals surface area contributed by atoms with E-state index in [1.54, 1.807) is 13.8 Å². The van der Waals surface area contributed by atoms with E-state index in [1.165, 1.54) is 0 Å². The first-order valence-electron chi connectivity index (χ1n) is 7.80. The van der Waals surface area contributed by atoms with Gasteiger partial charge in [0.15, 0.2) is 0 Å². The molecule has 0 saturated heterocycles. The van der Waals surface area contributed by atoms with Crippen molar-refractivity contribution < 1.29 is 19.1 Å². The van der Waals surface area contributed by atoms with E-state index in [0.29, 0.717) is 19.6 Å². The second kappa shape index (κ2) is 9.23. The number of ether oxygens (including phenoxy) is 2. The van der Waals surface area contributed by atoms with Crippen LogP contribution in [0.25, 0.3) is 0 Å². The van der Waals surface area contributed by atoms with Crippen molar-refractivity contribution in [2.45, 2.75) is 40.0 Å². The van der Waals surface area contributed by atoms with Gasteiger partial charge in [-0.15, -0.1) is 0 Å². The SMILES string of the molecule is CC(C)C(=O)OCCC(COC(=O)C(C)C)c1ccccc1. The van der Waals surface area contributed by atoms with Crippen molar-refractivity contribution >= 4 is 11.9 Å². The van der Waals surface area contributed by atoms with Crippen LogP contribution >= 0.6 is 0 Å². The van der Waals surface area contributed by atoms with Crippen LogP contribution < -0.4 is 0 Å². The van der Waals surface area contributed by atoms with Crippen molar-refractivity contribution in [2.24, 2.45) is 11.8 Å². The van der Waals surface area contributed by atoms with E-state index in [4.69, 9.17) is 9.47 Å². The molecule has 0 amide bonds. The fraction of sp³-hybridized carbons (Fsp3) is 0.556. The molecule has 122 valence electrons.